The van der Waals surface area contributed by atoms with Crippen molar-refractivity contribution in [2.45, 2.75) is 37.4 Å². The zero-order valence-corrected chi connectivity index (χ0v) is 12.6. The summed E-state index contributed by atoms with van der Waals surface area (Å²) in [4.78, 5) is 0.466. The highest BCUT2D eigenvalue weighted by Crippen LogP contribution is 2.35. The summed E-state index contributed by atoms with van der Waals surface area (Å²) >= 11 is 3.75. The molecular formula is C14H21BrO2. The molecule has 0 spiro atoms. The van der Waals surface area contributed by atoms with Crippen molar-refractivity contribution in [3.8, 4) is 11.5 Å². The fourth-order valence-electron chi connectivity index (χ4n) is 1.92. The average molecular weight is 301 g/mol. The number of hydrogen-bond donors (Lipinski definition) is 0. The smallest absolute Gasteiger partial charge is 0.122 e. The molecule has 0 saturated carbocycles. The molecule has 0 aliphatic heterocycles. The number of hydrogen-bond acceptors (Lipinski definition) is 2. The number of methoxy groups -OCH3 is 2. The molecule has 1 rings (SSSR count). The van der Waals surface area contributed by atoms with Crippen LogP contribution in [-0.4, -0.2) is 19.0 Å². The first kappa shape index (κ1) is 14.4. The Bertz CT molecular complexity index is 352. The van der Waals surface area contributed by atoms with Gasteiger partial charge >= 0.3 is 0 Å². The van der Waals surface area contributed by atoms with E-state index in [1.165, 1.54) is 12.0 Å². The molecule has 2 unspecified atom stereocenters. The van der Waals surface area contributed by atoms with E-state index < -0.39 is 0 Å². The second-order valence-electron chi connectivity index (χ2n) is 4.20. The third kappa shape index (κ3) is 3.63. The van der Waals surface area contributed by atoms with E-state index in [0.29, 0.717) is 10.7 Å². The monoisotopic (exact) mass is 300 g/mol. The van der Waals surface area contributed by atoms with E-state index in [-0.39, 0.29) is 0 Å². The molecule has 3 heteroatoms. The summed E-state index contributed by atoms with van der Waals surface area (Å²) in [6.07, 6.45) is 2.33. The van der Waals surface area contributed by atoms with E-state index >= 15 is 0 Å². The van der Waals surface area contributed by atoms with Gasteiger partial charge in [0, 0.05) is 10.4 Å². The second kappa shape index (κ2) is 6.90. The summed E-state index contributed by atoms with van der Waals surface area (Å²) in [5.41, 5.74) is 1.20. The Morgan fingerprint density at radius 3 is 2.47 bits per heavy atom. The first-order chi connectivity index (χ1) is 8.13. The quantitative estimate of drug-likeness (QED) is 0.726. The lowest BCUT2D eigenvalue weighted by Crippen LogP contribution is -2.10. The minimum absolute atomic E-state index is 0.403. The molecule has 96 valence electrons. The van der Waals surface area contributed by atoms with Crippen LogP contribution in [-0.2, 0) is 0 Å². The molecule has 0 aliphatic carbocycles. The number of halogens is 1. The fourth-order valence-corrected chi connectivity index (χ4v) is 2.66. The molecule has 0 N–H and O–H groups in total. The molecule has 17 heavy (non-hydrogen) atoms. The molecule has 2 nitrogen and oxygen atoms in total. The number of ether oxygens (including phenoxy) is 2. The number of benzene rings is 1. The SMILES string of the molecule is CCCC(Br)C(C)c1cc(OC)ccc1OC. The molecule has 0 radical (unpaired) electrons. The summed E-state index contributed by atoms with van der Waals surface area (Å²) in [5.74, 6) is 2.21. The predicted molar refractivity (Wildman–Crippen MR) is 75.6 cm³/mol. The van der Waals surface area contributed by atoms with E-state index in [0.717, 1.165) is 17.9 Å². The molecule has 1 aromatic carbocycles. The first-order valence-electron chi connectivity index (χ1n) is 6.00. The summed E-state index contributed by atoms with van der Waals surface area (Å²) in [7, 11) is 3.40. The van der Waals surface area contributed by atoms with E-state index in [1.54, 1.807) is 14.2 Å². The van der Waals surface area contributed by atoms with Crippen molar-refractivity contribution >= 4 is 15.9 Å². The second-order valence-corrected chi connectivity index (χ2v) is 5.38. The maximum atomic E-state index is 5.42. The molecule has 1 aromatic rings. The van der Waals surface area contributed by atoms with Gasteiger partial charge in [-0.05, 0) is 30.5 Å². The van der Waals surface area contributed by atoms with Crippen LogP contribution in [0.1, 0.15) is 38.2 Å². The van der Waals surface area contributed by atoms with Crippen LogP contribution in [0.4, 0.5) is 0 Å². The maximum Gasteiger partial charge on any atom is 0.122 e. The standard InChI is InChI=1S/C14H21BrO2/c1-5-6-13(15)10(2)12-9-11(16-3)7-8-14(12)17-4/h7-10,13H,5-6H2,1-4H3. The van der Waals surface area contributed by atoms with Gasteiger partial charge in [-0.1, -0.05) is 36.2 Å². The molecule has 0 amide bonds. The highest BCUT2D eigenvalue weighted by atomic mass is 79.9. The first-order valence-corrected chi connectivity index (χ1v) is 6.91. The lowest BCUT2D eigenvalue weighted by atomic mass is 9.94. The maximum absolute atomic E-state index is 5.42. The summed E-state index contributed by atoms with van der Waals surface area (Å²) < 4.78 is 10.7. The fraction of sp³-hybridized carbons (Fsp3) is 0.571. The Labute approximate surface area is 112 Å². The summed E-state index contributed by atoms with van der Waals surface area (Å²) in [6.45, 7) is 4.41. The van der Waals surface area contributed by atoms with Crippen LogP contribution in [0.3, 0.4) is 0 Å². The minimum atomic E-state index is 0.403. The predicted octanol–water partition coefficient (Wildman–Crippen LogP) is 4.37. The van der Waals surface area contributed by atoms with Crippen molar-refractivity contribution in [2.75, 3.05) is 14.2 Å². The van der Waals surface area contributed by atoms with Crippen molar-refractivity contribution in [2.24, 2.45) is 0 Å². The van der Waals surface area contributed by atoms with E-state index in [1.807, 2.05) is 12.1 Å². The van der Waals surface area contributed by atoms with Crippen LogP contribution in [0.25, 0.3) is 0 Å². The van der Waals surface area contributed by atoms with Gasteiger partial charge < -0.3 is 9.47 Å². The zero-order chi connectivity index (χ0) is 12.8. The molecule has 0 aliphatic rings. The van der Waals surface area contributed by atoms with Crippen LogP contribution in [0.2, 0.25) is 0 Å². The van der Waals surface area contributed by atoms with Crippen LogP contribution in [0, 0.1) is 0 Å². The Morgan fingerprint density at radius 2 is 1.94 bits per heavy atom. The number of rotatable bonds is 6. The van der Waals surface area contributed by atoms with Gasteiger partial charge in [0.1, 0.15) is 11.5 Å². The zero-order valence-electron chi connectivity index (χ0n) is 11.0. The van der Waals surface area contributed by atoms with E-state index in [4.69, 9.17) is 9.47 Å². The Morgan fingerprint density at radius 1 is 1.24 bits per heavy atom. The third-order valence-electron chi connectivity index (χ3n) is 3.03. The average Bonchev–Trinajstić information content (AvgIpc) is 2.37. The largest absolute Gasteiger partial charge is 0.497 e. The lowest BCUT2D eigenvalue weighted by Gasteiger charge is -2.21. The molecule has 2 atom stereocenters. The molecule has 0 bridgehead atoms. The van der Waals surface area contributed by atoms with Gasteiger partial charge in [0.25, 0.3) is 0 Å². The molecular weight excluding hydrogens is 280 g/mol. The van der Waals surface area contributed by atoms with Gasteiger partial charge in [0.15, 0.2) is 0 Å². The van der Waals surface area contributed by atoms with Gasteiger partial charge in [-0.3, -0.25) is 0 Å². The highest BCUT2D eigenvalue weighted by molar-refractivity contribution is 9.09. The topological polar surface area (TPSA) is 18.5 Å². The van der Waals surface area contributed by atoms with Crippen LogP contribution in [0.15, 0.2) is 18.2 Å². The van der Waals surface area contributed by atoms with Gasteiger partial charge in [0.05, 0.1) is 14.2 Å². The summed E-state index contributed by atoms with van der Waals surface area (Å²) in [5, 5.41) is 0. The number of alkyl halides is 1. The van der Waals surface area contributed by atoms with Crippen molar-refractivity contribution in [1.29, 1.82) is 0 Å². The van der Waals surface area contributed by atoms with E-state index in [9.17, 15) is 0 Å². The third-order valence-corrected chi connectivity index (χ3v) is 4.29. The van der Waals surface area contributed by atoms with Crippen molar-refractivity contribution < 1.29 is 9.47 Å². The summed E-state index contributed by atoms with van der Waals surface area (Å²) in [6, 6.07) is 5.96. The molecule has 0 heterocycles. The van der Waals surface area contributed by atoms with Crippen LogP contribution < -0.4 is 9.47 Å². The van der Waals surface area contributed by atoms with Gasteiger partial charge in [0.2, 0.25) is 0 Å². The molecule has 0 fully saturated rings. The van der Waals surface area contributed by atoms with Crippen molar-refractivity contribution in [3.63, 3.8) is 0 Å². The molecule has 0 saturated heterocycles. The Kier molecular flexibility index (Phi) is 5.83. The normalized spacial score (nSPS) is 14.2. The van der Waals surface area contributed by atoms with Crippen molar-refractivity contribution in [1.82, 2.24) is 0 Å². The minimum Gasteiger partial charge on any atom is -0.497 e. The van der Waals surface area contributed by atoms with Gasteiger partial charge in [-0.15, -0.1) is 0 Å². The van der Waals surface area contributed by atoms with Crippen molar-refractivity contribution in [3.05, 3.63) is 23.8 Å². The van der Waals surface area contributed by atoms with Crippen LogP contribution >= 0.6 is 15.9 Å². The van der Waals surface area contributed by atoms with Crippen LogP contribution in [0.5, 0.6) is 11.5 Å². The molecule has 0 aromatic heterocycles. The van der Waals surface area contributed by atoms with Gasteiger partial charge in [-0.2, -0.15) is 0 Å². The Hall–Kier alpha value is -0.700. The van der Waals surface area contributed by atoms with Gasteiger partial charge in [-0.25, -0.2) is 0 Å². The highest BCUT2D eigenvalue weighted by Gasteiger charge is 2.19. The van der Waals surface area contributed by atoms with E-state index in [2.05, 4.69) is 35.8 Å². The Balaban J connectivity index is 3.00. The lowest BCUT2D eigenvalue weighted by molar-refractivity contribution is 0.395.